The van der Waals surface area contributed by atoms with Crippen molar-refractivity contribution in [3.05, 3.63) is 35.7 Å². The van der Waals surface area contributed by atoms with Crippen LogP contribution in [0.25, 0.3) is 0 Å². The van der Waals surface area contributed by atoms with Crippen LogP contribution in [-0.4, -0.2) is 30.2 Å². The van der Waals surface area contributed by atoms with Gasteiger partial charge in [-0.25, -0.2) is 0 Å². The number of anilines is 3. The molecule has 0 unspecified atom stereocenters. The van der Waals surface area contributed by atoms with Crippen LogP contribution >= 0.6 is 0 Å². The maximum absolute atomic E-state index is 12.2. The van der Waals surface area contributed by atoms with E-state index in [0.29, 0.717) is 11.4 Å². The van der Waals surface area contributed by atoms with E-state index in [4.69, 9.17) is 5.73 Å². The predicted molar refractivity (Wildman–Crippen MR) is 85.7 cm³/mol. The summed E-state index contributed by atoms with van der Waals surface area (Å²) in [4.78, 5) is 14.2. The van der Waals surface area contributed by atoms with E-state index in [0.717, 1.165) is 24.2 Å². The van der Waals surface area contributed by atoms with Crippen molar-refractivity contribution >= 4 is 23.0 Å². The molecule has 1 aromatic carbocycles. The van der Waals surface area contributed by atoms with E-state index in [2.05, 4.69) is 15.5 Å². The Bertz CT molecular complexity index is 633. The molecule has 6 heteroatoms. The van der Waals surface area contributed by atoms with Gasteiger partial charge in [0.2, 0.25) is 0 Å². The van der Waals surface area contributed by atoms with Crippen molar-refractivity contribution in [3.63, 3.8) is 0 Å². The molecule has 0 spiro atoms. The molecular formula is C15H21N5O. The number of nitrogens with two attached hydrogens (primary N) is 1. The Balaban J connectivity index is 2.16. The number of aromatic amines is 1. The molecule has 0 radical (unpaired) electrons. The number of nitrogens with zero attached hydrogens (tertiary/aromatic N) is 2. The third-order valence-electron chi connectivity index (χ3n) is 3.22. The standard InChI is InChI=1S/C15H21N5O/c1-4-6-12-13(16)14(19-18-12)15(21)17-10-7-5-8-11(9-10)20(2)3/h5,7-9H,4,6,16H2,1-3H3,(H,17,21)(H,18,19). The number of amides is 1. The van der Waals surface area contributed by atoms with Gasteiger partial charge < -0.3 is 16.0 Å². The zero-order valence-corrected chi connectivity index (χ0v) is 12.6. The molecule has 1 aromatic heterocycles. The minimum atomic E-state index is -0.304. The van der Waals surface area contributed by atoms with Crippen LogP contribution in [0.15, 0.2) is 24.3 Å². The largest absolute Gasteiger partial charge is 0.395 e. The van der Waals surface area contributed by atoms with Crippen LogP contribution in [0.5, 0.6) is 0 Å². The average Bonchev–Trinajstić information content (AvgIpc) is 2.81. The van der Waals surface area contributed by atoms with Crippen LogP contribution in [-0.2, 0) is 6.42 Å². The predicted octanol–water partition coefficient (Wildman–Crippen LogP) is 2.26. The third-order valence-corrected chi connectivity index (χ3v) is 3.22. The molecule has 0 atom stereocenters. The molecule has 4 N–H and O–H groups in total. The lowest BCUT2D eigenvalue weighted by Crippen LogP contribution is -2.15. The number of carbonyl (C=O) groups is 1. The summed E-state index contributed by atoms with van der Waals surface area (Å²) in [5.74, 6) is -0.304. The van der Waals surface area contributed by atoms with Gasteiger partial charge in [0.15, 0.2) is 5.69 Å². The van der Waals surface area contributed by atoms with Crippen LogP contribution in [0.2, 0.25) is 0 Å². The smallest absolute Gasteiger partial charge is 0.278 e. The second-order valence-electron chi connectivity index (χ2n) is 5.11. The highest BCUT2D eigenvalue weighted by Gasteiger charge is 2.17. The summed E-state index contributed by atoms with van der Waals surface area (Å²) < 4.78 is 0. The number of H-pyrrole nitrogens is 1. The zero-order chi connectivity index (χ0) is 15.4. The Kier molecular flexibility index (Phi) is 4.47. The van der Waals surface area contributed by atoms with Gasteiger partial charge in [-0.3, -0.25) is 9.89 Å². The summed E-state index contributed by atoms with van der Waals surface area (Å²) in [6.45, 7) is 2.05. The highest BCUT2D eigenvalue weighted by atomic mass is 16.2. The first-order chi connectivity index (χ1) is 10.0. The first-order valence-electron chi connectivity index (χ1n) is 6.94. The molecule has 1 heterocycles. The van der Waals surface area contributed by atoms with Crippen LogP contribution in [0, 0.1) is 0 Å². The van der Waals surface area contributed by atoms with Crippen LogP contribution in [0.4, 0.5) is 17.1 Å². The quantitative estimate of drug-likeness (QED) is 0.787. The Morgan fingerprint density at radius 1 is 1.43 bits per heavy atom. The highest BCUT2D eigenvalue weighted by molar-refractivity contribution is 6.06. The number of aryl methyl sites for hydroxylation is 1. The molecule has 0 bridgehead atoms. The van der Waals surface area contributed by atoms with Gasteiger partial charge >= 0.3 is 0 Å². The van der Waals surface area contributed by atoms with Crippen molar-refractivity contribution in [2.75, 3.05) is 30.0 Å². The number of hydrogen-bond donors (Lipinski definition) is 3. The number of benzene rings is 1. The topological polar surface area (TPSA) is 87.0 Å². The molecular weight excluding hydrogens is 266 g/mol. The van der Waals surface area contributed by atoms with E-state index in [-0.39, 0.29) is 11.6 Å². The third kappa shape index (κ3) is 3.34. The lowest BCUT2D eigenvalue weighted by molar-refractivity contribution is 0.102. The summed E-state index contributed by atoms with van der Waals surface area (Å²) in [5, 5.41) is 9.66. The summed E-state index contributed by atoms with van der Waals surface area (Å²) in [6, 6.07) is 7.59. The lowest BCUT2D eigenvalue weighted by atomic mass is 10.2. The van der Waals surface area contributed by atoms with Gasteiger partial charge in [0, 0.05) is 25.5 Å². The second-order valence-corrected chi connectivity index (χ2v) is 5.11. The van der Waals surface area contributed by atoms with E-state index >= 15 is 0 Å². The van der Waals surface area contributed by atoms with Gasteiger partial charge in [-0.05, 0) is 24.6 Å². The SMILES string of the molecule is CCCc1[nH]nc(C(=O)Nc2cccc(N(C)C)c2)c1N. The number of nitrogen functional groups attached to an aromatic ring is 1. The van der Waals surface area contributed by atoms with E-state index in [9.17, 15) is 4.79 Å². The molecule has 112 valence electrons. The van der Waals surface area contributed by atoms with E-state index < -0.39 is 0 Å². The van der Waals surface area contributed by atoms with Gasteiger partial charge in [-0.2, -0.15) is 5.10 Å². The fourth-order valence-electron chi connectivity index (χ4n) is 2.05. The van der Waals surface area contributed by atoms with E-state index in [1.54, 1.807) is 0 Å². The van der Waals surface area contributed by atoms with E-state index in [1.165, 1.54) is 0 Å². The van der Waals surface area contributed by atoms with Gasteiger partial charge in [0.05, 0.1) is 11.4 Å². The maximum atomic E-state index is 12.2. The van der Waals surface area contributed by atoms with Crippen LogP contribution in [0.1, 0.15) is 29.5 Å². The molecule has 2 rings (SSSR count). The monoisotopic (exact) mass is 287 g/mol. The summed E-state index contributed by atoms with van der Waals surface area (Å²) in [5.41, 5.74) is 9.16. The normalized spacial score (nSPS) is 10.4. The van der Waals surface area contributed by atoms with Crippen LogP contribution < -0.4 is 16.0 Å². The van der Waals surface area contributed by atoms with Gasteiger partial charge in [0.25, 0.3) is 5.91 Å². The van der Waals surface area contributed by atoms with Crippen molar-refractivity contribution in [1.29, 1.82) is 0 Å². The molecule has 0 aliphatic heterocycles. The first-order valence-corrected chi connectivity index (χ1v) is 6.94. The molecule has 0 saturated carbocycles. The van der Waals surface area contributed by atoms with E-state index in [1.807, 2.05) is 50.2 Å². The van der Waals surface area contributed by atoms with Crippen molar-refractivity contribution in [2.45, 2.75) is 19.8 Å². The molecule has 2 aromatic rings. The van der Waals surface area contributed by atoms with Crippen LogP contribution in [0.3, 0.4) is 0 Å². The Morgan fingerprint density at radius 3 is 2.86 bits per heavy atom. The Hall–Kier alpha value is -2.50. The van der Waals surface area contributed by atoms with Crippen molar-refractivity contribution in [3.8, 4) is 0 Å². The average molecular weight is 287 g/mol. The fourth-order valence-corrected chi connectivity index (χ4v) is 2.05. The number of aromatic nitrogens is 2. The molecule has 0 fully saturated rings. The van der Waals surface area contributed by atoms with Crippen molar-refractivity contribution in [2.24, 2.45) is 0 Å². The molecule has 0 aliphatic rings. The van der Waals surface area contributed by atoms with Crippen molar-refractivity contribution < 1.29 is 4.79 Å². The fraction of sp³-hybridized carbons (Fsp3) is 0.333. The first kappa shape index (κ1) is 14.9. The number of carbonyl (C=O) groups excluding carboxylic acids is 1. The van der Waals surface area contributed by atoms with Gasteiger partial charge in [-0.1, -0.05) is 19.4 Å². The van der Waals surface area contributed by atoms with Gasteiger partial charge in [-0.15, -0.1) is 0 Å². The summed E-state index contributed by atoms with van der Waals surface area (Å²) in [6.07, 6.45) is 1.72. The highest BCUT2D eigenvalue weighted by Crippen LogP contribution is 2.20. The Labute approximate surface area is 124 Å². The molecule has 0 aliphatic carbocycles. The van der Waals surface area contributed by atoms with Gasteiger partial charge in [0.1, 0.15) is 0 Å². The second kappa shape index (κ2) is 6.30. The number of nitrogens with one attached hydrogen (secondary N) is 2. The molecule has 1 amide bonds. The number of rotatable bonds is 5. The molecule has 21 heavy (non-hydrogen) atoms. The minimum Gasteiger partial charge on any atom is -0.395 e. The lowest BCUT2D eigenvalue weighted by Gasteiger charge is -2.13. The Morgan fingerprint density at radius 2 is 2.19 bits per heavy atom. The summed E-state index contributed by atoms with van der Waals surface area (Å²) >= 11 is 0. The zero-order valence-electron chi connectivity index (χ0n) is 12.6. The number of hydrogen-bond acceptors (Lipinski definition) is 4. The minimum absolute atomic E-state index is 0.244. The molecule has 0 saturated heterocycles. The molecule has 6 nitrogen and oxygen atoms in total. The maximum Gasteiger partial charge on any atom is 0.278 e. The summed E-state index contributed by atoms with van der Waals surface area (Å²) in [7, 11) is 3.90. The van der Waals surface area contributed by atoms with Crippen molar-refractivity contribution in [1.82, 2.24) is 10.2 Å².